The van der Waals surface area contributed by atoms with Gasteiger partial charge in [0.1, 0.15) is 11.6 Å². The lowest BCUT2D eigenvalue weighted by Gasteiger charge is -2.33. The largest absolute Gasteiger partial charge is 0.311 e. The van der Waals surface area contributed by atoms with Gasteiger partial charge < -0.3 is 9.80 Å². The van der Waals surface area contributed by atoms with Gasteiger partial charge in [0, 0.05) is 23.4 Å². The topological polar surface area (TPSA) is 40.6 Å². The Labute approximate surface area is 188 Å². The molecule has 3 aromatic carbocycles. The van der Waals surface area contributed by atoms with Crippen LogP contribution in [0.3, 0.4) is 0 Å². The number of halogens is 2. The predicted molar refractivity (Wildman–Crippen MR) is 120 cm³/mol. The molecule has 2 aliphatic rings. The van der Waals surface area contributed by atoms with Gasteiger partial charge in [0.2, 0.25) is 0 Å². The molecule has 1 atom stereocenters. The van der Waals surface area contributed by atoms with Gasteiger partial charge in [-0.1, -0.05) is 35.9 Å². The average molecular weight is 451 g/mol. The number of benzene rings is 3. The molecule has 7 heteroatoms. The van der Waals surface area contributed by atoms with Crippen molar-refractivity contribution in [2.24, 2.45) is 0 Å². The van der Waals surface area contributed by atoms with Gasteiger partial charge in [-0.2, -0.15) is 0 Å². The molecule has 0 bridgehead atoms. The Morgan fingerprint density at radius 3 is 2.53 bits per heavy atom. The zero-order valence-corrected chi connectivity index (χ0v) is 18.2. The summed E-state index contributed by atoms with van der Waals surface area (Å²) in [5.74, 6) is -1.22. The Hall–Kier alpha value is -3.19. The highest BCUT2D eigenvalue weighted by atomic mass is 32.2. The highest BCUT2D eigenvalue weighted by Gasteiger charge is 2.59. The molecule has 0 radical (unpaired) electrons. The van der Waals surface area contributed by atoms with E-state index in [0.717, 1.165) is 17.2 Å². The number of anilines is 1. The summed E-state index contributed by atoms with van der Waals surface area (Å²) in [5.41, 5.74) is 3.25. The molecule has 1 saturated heterocycles. The van der Waals surface area contributed by atoms with E-state index in [-0.39, 0.29) is 11.5 Å². The van der Waals surface area contributed by atoms with E-state index in [1.54, 1.807) is 11.0 Å². The number of amides is 2. The van der Waals surface area contributed by atoms with Crippen LogP contribution in [0.4, 0.5) is 14.5 Å². The number of hydrogen-bond donors (Lipinski definition) is 0. The predicted octanol–water partition coefficient (Wildman–Crippen LogP) is 4.86. The second kappa shape index (κ2) is 7.74. The number of thioether (sulfide) groups is 1. The average Bonchev–Trinajstić information content (AvgIpc) is 3.32. The van der Waals surface area contributed by atoms with Crippen LogP contribution < -0.4 is 4.90 Å². The third-order valence-corrected chi connectivity index (χ3v) is 7.35. The van der Waals surface area contributed by atoms with Gasteiger partial charge >= 0.3 is 0 Å². The summed E-state index contributed by atoms with van der Waals surface area (Å²) in [7, 11) is 0. The lowest BCUT2D eigenvalue weighted by molar-refractivity contribution is -0.123. The second-order valence-electron chi connectivity index (χ2n) is 8.00. The Bertz CT molecular complexity index is 1230. The molecule has 2 amide bonds. The van der Waals surface area contributed by atoms with Crippen molar-refractivity contribution in [3.63, 3.8) is 0 Å². The van der Waals surface area contributed by atoms with Crippen molar-refractivity contribution in [2.45, 2.75) is 18.3 Å². The minimum Gasteiger partial charge on any atom is -0.311 e. The first kappa shape index (κ1) is 20.7. The van der Waals surface area contributed by atoms with Gasteiger partial charge in [-0.05, 0) is 48.9 Å². The number of aryl methyl sites for hydroxylation is 1. The standard InChI is InChI=1S/C25H20F2N2O2S/c1-16-5-7-17(8-6-16)15-28-22-10-9-20(27)14-21(22)25(24(28)31)29(11-12-32-25)23(30)18-3-2-4-19(26)13-18/h2-10,13-14H,11-12,15H2,1H3/t25-/m0/s1. The summed E-state index contributed by atoms with van der Waals surface area (Å²) < 4.78 is 28.1. The van der Waals surface area contributed by atoms with Crippen LogP contribution in [-0.2, 0) is 16.2 Å². The van der Waals surface area contributed by atoms with E-state index in [2.05, 4.69) is 0 Å². The summed E-state index contributed by atoms with van der Waals surface area (Å²) in [6, 6.07) is 17.5. The Morgan fingerprint density at radius 1 is 1.03 bits per heavy atom. The fourth-order valence-electron chi connectivity index (χ4n) is 4.40. The maximum atomic E-state index is 14.3. The van der Waals surface area contributed by atoms with Crippen molar-refractivity contribution in [2.75, 3.05) is 17.2 Å². The van der Waals surface area contributed by atoms with Crippen LogP contribution in [0.25, 0.3) is 0 Å². The molecule has 0 aliphatic carbocycles. The van der Waals surface area contributed by atoms with Gasteiger partial charge in [-0.3, -0.25) is 9.59 Å². The Kier molecular flexibility index (Phi) is 5.01. The van der Waals surface area contributed by atoms with E-state index in [9.17, 15) is 18.4 Å². The van der Waals surface area contributed by atoms with Gasteiger partial charge in [0.05, 0.1) is 12.2 Å². The van der Waals surface area contributed by atoms with Crippen molar-refractivity contribution in [1.29, 1.82) is 0 Å². The van der Waals surface area contributed by atoms with E-state index in [4.69, 9.17) is 0 Å². The SMILES string of the molecule is Cc1ccc(CN2C(=O)[C@@]3(SCCN3C(=O)c3cccc(F)c3)c3cc(F)ccc32)cc1. The fourth-order valence-corrected chi connectivity index (χ4v) is 5.85. The van der Waals surface area contributed by atoms with Crippen molar-refractivity contribution >= 4 is 29.3 Å². The lowest BCUT2D eigenvalue weighted by atomic mass is 10.0. The summed E-state index contributed by atoms with van der Waals surface area (Å²) >= 11 is 1.32. The fraction of sp³-hybridized carbons (Fsp3) is 0.200. The van der Waals surface area contributed by atoms with Crippen LogP contribution in [0.1, 0.15) is 27.0 Å². The zero-order valence-electron chi connectivity index (χ0n) is 17.3. The van der Waals surface area contributed by atoms with E-state index in [0.29, 0.717) is 30.1 Å². The summed E-state index contributed by atoms with van der Waals surface area (Å²) in [4.78, 5) is 29.0. The number of hydrogen-bond acceptors (Lipinski definition) is 3. The van der Waals surface area contributed by atoms with Gasteiger partial charge in [-0.25, -0.2) is 8.78 Å². The molecule has 5 rings (SSSR count). The smallest absolute Gasteiger partial charge is 0.268 e. The van der Waals surface area contributed by atoms with Gasteiger partial charge in [0.15, 0.2) is 4.87 Å². The van der Waals surface area contributed by atoms with Crippen LogP contribution in [0.2, 0.25) is 0 Å². The van der Waals surface area contributed by atoms with Crippen LogP contribution in [0.5, 0.6) is 0 Å². The molecule has 2 heterocycles. The lowest BCUT2D eigenvalue weighted by Crippen LogP contribution is -2.50. The number of fused-ring (bicyclic) bond motifs is 2. The van der Waals surface area contributed by atoms with Crippen molar-refractivity contribution in [3.8, 4) is 0 Å². The van der Waals surface area contributed by atoms with E-state index < -0.39 is 22.4 Å². The Morgan fingerprint density at radius 2 is 1.78 bits per heavy atom. The number of rotatable bonds is 3. The molecule has 0 unspecified atom stereocenters. The molecule has 0 aromatic heterocycles. The monoisotopic (exact) mass is 450 g/mol. The first-order chi connectivity index (χ1) is 15.4. The molecule has 0 N–H and O–H groups in total. The van der Waals surface area contributed by atoms with Gasteiger partial charge in [0.25, 0.3) is 11.8 Å². The molecule has 2 aliphatic heterocycles. The van der Waals surface area contributed by atoms with Crippen molar-refractivity contribution in [1.82, 2.24) is 4.90 Å². The number of carbonyl (C=O) groups is 2. The molecular weight excluding hydrogens is 430 g/mol. The Balaban J connectivity index is 1.59. The highest BCUT2D eigenvalue weighted by molar-refractivity contribution is 8.01. The molecule has 32 heavy (non-hydrogen) atoms. The third kappa shape index (κ3) is 3.19. The van der Waals surface area contributed by atoms with Crippen molar-refractivity contribution < 1.29 is 18.4 Å². The molecular formula is C25H20F2N2O2S. The minimum atomic E-state index is -1.37. The van der Waals surface area contributed by atoms with Crippen LogP contribution in [-0.4, -0.2) is 29.0 Å². The molecule has 3 aromatic rings. The number of carbonyl (C=O) groups excluding carboxylic acids is 2. The van der Waals surface area contributed by atoms with E-state index >= 15 is 0 Å². The maximum absolute atomic E-state index is 14.3. The molecule has 4 nitrogen and oxygen atoms in total. The third-order valence-electron chi connectivity index (χ3n) is 5.93. The molecule has 0 saturated carbocycles. The van der Waals surface area contributed by atoms with E-state index in [1.807, 2.05) is 31.2 Å². The normalized spacial score (nSPS) is 19.7. The maximum Gasteiger partial charge on any atom is 0.268 e. The second-order valence-corrected chi connectivity index (χ2v) is 9.29. The molecule has 1 fully saturated rings. The summed E-state index contributed by atoms with van der Waals surface area (Å²) in [6.45, 7) is 2.60. The van der Waals surface area contributed by atoms with Crippen LogP contribution >= 0.6 is 11.8 Å². The quantitative estimate of drug-likeness (QED) is 0.572. The highest BCUT2D eigenvalue weighted by Crippen LogP contribution is 2.54. The van der Waals surface area contributed by atoms with Crippen LogP contribution in [0, 0.1) is 18.6 Å². The number of nitrogens with zero attached hydrogens (tertiary/aromatic N) is 2. The summed E-state index contributed by atoms with van der Waals surface area (Å²) in [5, 5.41) is 0. The minimum absolute atomic E-state index is 0.162. The zero-order chi connectivity index (χ0) is 22.5. The van der Waals surface area contributed by atoms with Gasteiger partial charge in [-0.15, -0.1) is 11.8 Å². The van der Waals surface area contributed by atoms with Crippen molar-refractivity contribution in [3.05, 3.63) is 101 Å². The molecule has 162 valence electrons. The summed E-state index contributed by atoms with van der Waals surface area (Å²) in [6.07, 6.45) is 0. The molecule has 1 spiro atoms. The van der Waals surface area contributed by atoms with E-state index in [1.165, 1.54) is 47.0 Å². The first-order valence-electron chi connectivity index (χ1n) is 10.3. The van der Waals surface area contributed by atoms with Crippen LogP contribution in [0.15, 0.2) is 66.7 Å². The first-order valence-corrected chi connectivity index (χ1v) is 11.3.